The van der Waals surface area contributed by atoms with Gasteiger partial charge in [0.1, 0.15) is 0 Å². The molecule has 5 N–H and O–H groups in total. The summed E-state index contributed by atoms with van der Waals surface area (Å²) in [5.41, 5.74) is 5.37. The highest BCUT2D eigenvalue weighted by Crippen LogP contribution is 2.18. The van der Waals surface area contributed by atoms with E-state index in [0.29, 0.717) is 0 Å². The molecule has 4 heteroatoms. The molecule has 0 fully saturated rings. The van der Waals surface area contributed by atoms with E-state index in [0.717, 1.165) is 16.8 Å². The molecule has 0 spiro atoms. The number of aryl methyl sites for hydroxylation is 2. The Hall–Kier alpha value is -1.55. The fourth-order valence-electron chi connectivity index (χ4n) is 1.17. The van der Waals surface area contributed by atoms with Crippen LogP contribution in [0.15, 0.2) is 18.2 Å². The Kier molecular flexibility index (Phi) is 2.87. The van der Waals surface area contributed by atoms with Crippen molar-refractivity contribution in [2.45, 2.75) is 13.8 Å². The molecule has 0 heterocycles. The average molecular weight is 178 g/mol. The van der Waals surface area contributed by atoms with E-state index in [4.69, 9.17) is 11.3 Å². The summed E-state index contributed by atoms with van der Waals surface area (Å²) in [4.78, 5) is 0. The summed E-state index contributed by atoms with van der Waals surface area (Å²) in [6.07, 6.45) is 0. The number of nitrogens with two attached hydrogens (primary N) is 1. The monoisotopic (exact) mass is 178 g/mol. The Morgan fingerprint density at radius 3 is 2.31 bits per heavy atom. The quantitative estimate of drug-likeness (QED) is 0.225. The van der Waals surface area contributed by atoms with E-state index < -0.39 is 0 Å². The highest BCUT2D eigenvalue weighted by Gasteiger charge is 2.02. The molecule has 0 amide bonds. The van der Waals surface area contributed by atoms with Crippen LogP contribution in [0.25, 0.3) is 0 Å². The molecule has 0 aliphatic heterocycles. The van der Waals surface area contributed by atoms with Crippen molar-refractivity contribution in [2.75, 3.05) is 5.32 Å². The molecule has 0 aliphatic carbocycles. The summed E-state index contributed by atoms with van der Waals surface area (Å²) in [7, 11) is 0. The third kappa shape index (κ3) is 2.19. The van der Waals surface area contributed by atoms with Crippen LogP contribution in [-0.2, 0) is 0 Å². The zero-order valence-corrected chi connectivity index (χ0v) is 7.81. The van der Waals surface area contributed by atoms with Crippen LogP contribution in [0.2, 0.25) is 0 Å². The van der Waals surface area contributed by atoms with Gasteiger partial charge in [0.05, 0.1) is 0 Å². The predicted octanol–water partition coefficient (Wildman–Crippen LogP) is 1.11. The molecule has 0 aliphatic rings. The molecule has 4 nitrogen and oxygen atoms in total. The molecule has 0 saturated carbocycles. The molecule has 0 saturated heterocycles. The number of nitrogens with one attached hydrogen (secondary N) is 3. The second kappa shape index (κ2) is 3.91. The van der Waals surface area contributed by atoms with Crippen LogP contribution in [0.1, 0.15) is 11.1 Å². The fraction of sp³-hybridized carbons (Fsp3) is 0.222. The first-order valence-electron chi connectivity index (χ1n) is 4.03. The van der Waals surface area contributed by atoms with Crippen LogP contribution < -0.4 is 16.6 Å². The zero-order chi connectivity index (χ0) is 9.84. The Morgan fingerprint density at radius 1 is 1.31 bits per heavy atom. The third-order valence-corrected chi connectivity index (χ3v) is 1.88. The van der Waals surface area contributed by atoms with Crippen molar-refractivity contribution in [1.82, 2.24) is 5.43 Å². The van der Waals surface area contributed by atoms with Crippen LogP contribution in [0.4, 0.5) is 5.69 Å². The maximum absolute atomic E-state index is 7.32. The van der Waals surface area contributed by atoms with Crippen molar-refractivity contribution in [3.63, 3.8) is 0 Å². The standard InChI is InChI=1S/C9H14N4/c1-6-4-3-5-7(2)8(6)12-9(10)13-11/h3-5H,11H2,1-2H3,(H3,10,12,13). The number of guanidine groups is 1. The number of hydrogen-bond donors (Lipinski definition) is 4. The zero-order valence-electron chi connectivity index (χ0n) is 7.81. The smallest absolute Gasteiger partial charge is 0.207 e. The molecular weight excluding hydrogens is 164 g/mol. The molecule has 0 radical (unpaired) electrons. The van der Waals surface area contributed by atoms with Gasteiger partial charge in [0.2, 0.25) is 5.96 Å². The lowest BCUT2D eigenvalue weighted by atomic mass is 10.1. The van der Waals surface area contributed by atoms with Crippen LogP contribution in [-0.4, -0.2) is 5.96 Å². The van der Waals surface area contributed by atoms with Crippen molar-refractivity contribution in [1.29, 1.82) is 5.41 Å². The van der Waals surface area contributed by atoms with Gasteiger partial charge in [0, 0.05) is 5.69 Å². The molecule has 0 unspecified atom stereocenters. The van der Waals surface area contributed by atoms with Gasteiger partial charge in [-0.05, 0) is 25.0 Å². The van der Waals surface area contributed by atoms with Gasteiger partial charge in [0.25, 0.3) is 0 Å². The first-order valence-corrected chi connectivity index (χ1v) is 4.03. The topological polar surface area (TPSA) is 73.9 Å². The van der Waals surface area contributed by atoms with Crippen molar-refractivity contribution in [2.24, 2.45) is 5.84 Å². The Morgan fingerprint density at radius 2 is 1.85 bits per heavy atom. The molecule has 13 heavy (non-hydrogen) atoms. The number of hydrazine groups is 1. The van der Waals surface area contributed by atoms with E-state index in [1.54, 1.807) is 0 Å². The lowest BCUT2D eigenvalue weighted by Crippen LogP contribution is -2.35. The lowest BCUT2D eigenvalue weighted by Gasteiger charge is -2.12. The number of anilines is 1. The molecule has 0 aromatic heterocycles. The van der Waals surface area contributed by atoms with Crippen molar-refractivity contribution >= 4 is 11.6 Å². The normalized spacial score (nSPS) is 9.46. The summed E-state index contributed by atoms with van der Waals surface area (Å²) < 4.78 is 0. The molecule has 1 rings (SSSR count). The maximum Gasteiger partial charge on any atom is 0.207 e. The average Bonchev–Trinajstić information content (AvgIpc) is 2.11. The maximum atomic E-state index is 7.32. The van der Waals surface area contributed by atoms with E-state index in [9.17, 15) is 0 Å². The first kappa shape index (κ1) is 9.54. The van der Waals surface area contributed by atoms with Crippen LogP contribution in [0, 0.1) is 19.3 Å². The van der Waals surface area contributed by atoms with E-state index in [1.165, 1.54) is 0 Å². The second-order valence-corrected chi connectivity index (χ2v) is 2.91. The summed E-state index contributed by atoms with van der Waals surface area (Å²) in [6.45, 7) is 3.97. The summed E-state index contributed by atoms with van der Waals surface area (Å²) >= 11 is 0. The molecule has 70 valence electrons. The predicted molar refractivity (Wildman–Crippen MR) is 54.6 cm³/mol. The van der Waals surface area contributed by atoms with E-state index in [1.807, 2.05) is 32.0 Å². The van der Waals surface area contributed by atoms with Crippen LogP contribution in [0.3, 0.4) is 0 Å². The van der Waals surface area contributed by atoms with Crippen molar-refractivity contribution < 1.29 is 0 Å². The molecule has 0 bridgehead atoms. The second-order valence-electron chi connectivity index (χ2n) is 2.91. The van der Waals surface area contributed by atoms with Crippen LogP contribution in [0.5, 0.6) is 0 Å². The Balaban J connectivity index is 2.93. The summed E-state index contributed by atoms with van der Waals surface area (Å²) in [5, 5.41) is 10.2. The fourth-order valence-corrected chi connectivity index (χ4v) is 1.17. The minimum atomic E-state index is 0.0948. The highest BCUT2D eigenvalue weighted by molar-refractivity contribution is 5.92. The van der Waals surface area contributed by atoms with Gasteiger partial charge >= 0.3 is 0 Å². The van der Waals surface area contributed by atoms with Crippen molar-refractivity contribution in [3.05, 3.63) is 29.3 Å². The number of rotatable bonds is 1. The summed E-state index contributed by atoms with van der Waals surface area (Å²) in [5.74, 6) is 5.18. The van der Waals surface area contributed by atoms with Gasteiger partial charge in [-0.25, -0.2) is 5.84 Å². The van der Waals surface area contributed by atoms with E-state index >= 15 is 0 Å². The Bertz CT molecular complexity index is 299. The van der Waals surface area contributed by atoms with E-state index in [-0.39, 0.29) is 5.96 Å². The van der Waals surface area contributed by atoms with Gasteiger partial charge < -0.3 is 5.32 Å². The molecule has 1 aromatic carbocycles. The summed E-state index contributed by atoms with van der Waals surface area (Å²) in [6, 6.07) is 5.95. The minimum Gasteiger partial charge on any atom is -0.325 e. The number of benzene rings is 1. The lowest BCUT2D eigenvalue weighted by molar-refractivity contribution is 1.01. The third-order valence-electron chi connectivity index (χ3n) is 1.88. The molecule has 1 aromatic rings. The largest absolute Gasteiger partial charge is 0.325 e. The van der Waals surface area contributed by atoms with Gasteiger partial charge in [-0.3, -0.25) is 10.8 Å². The number of para-hydroxylation sites is 1. The van der Waals surface area contributed by atoms with Gasteiger partial charge in [-0.2, -0.15) is 0 Å². The van der Waals surface area contributed by atoms with Crippen LogP contribution >= 0.6 is 0 Å². The van der Waals surface area contributed by atoms with Gasteiger partial charge in [-0.15, -0.1) is 0 Å². The minimum absolute atomic E-state index is 0.0948. The van der Waals surface area contributed by atoms with Gasteiger partial charge in [0.15, 0.2) is 0 Å². The highest BCUT2D eigenvalue weighted by atomic mass is 15.3. The van der Waals surface area contributed by atoms with Gasteiger partial charge in [-0.1, -0.05) is 18.2 Å². The number of hydrogen-bond acceptors (Lipinski definition) is 2. The molecule has 0 atom stereocenters. The van der Waals surface area contributed by atoms with E-state index in [2.05, 4.69) is 10.7 Å². The Labute approximate surface area is 77.6 Å². The molecular formula is C9H14N4. The SMILES string of the molecule is Cc1cccc(C)c1NC(=N)NN. The first-order chi connectivity index (χ1) is 6.15. The van der Waals surface area contributed by atoms with Crippen molar-refractivity contribution in [3.8, 4) is 0 Å².